The van der Waals surface area contributed by atoms with E-state index in [1.165, 1.54) is 32.1 Å². The van der Waals surface area contributed by atoms with E-state index in [1.54, 1.807) is 24.3 Å². The van der Waals surface area contributed by atoms with Crippen LogP contribution in [0.2, 0.25) is 0 Å². The third-order valence-electron chi connectivity index (χ3n) is 4.48. The number of ether oxygens (including phenoxy) is 2. The molecule has 0 aromatic heterocycles. The van der Waals surface area contributed by atoms with Crippen LogP contribution in [0.3, 0.4) is 0 Å². The van der Waals surface area contributed by atoms with E-state index in [0.29, 0.717) is 29.9 Å². The zero-order valence-corrected chi connectivity index (χ0v) is 14.9. The molecule has 0 N–H and O–H groups in total. The normalized spacial score (nSPS) is 18.4. The highest BCUT2D eigenvalue weighted by molar-refractivity contribution is 5.97. The SMILES string of the molecule is C=Cc1cc2ccc1C(=O)OCCCCCCCCCCCOC2=O. The van der Waals surface area contributed by atoms with Gasteiger partial charge in [0, 0.05) is 0 Å². The predicted molar refractivity (Wildman–Crippen MR) is 98.7 cm³/mol. The average Bonchev–Trinajstić information content (AvgIpc) is 2.63. The Kier molecular flexibility index (Phi) is 8.23. The molecule has 4 nitrogen and oxygen atoms in total. The molecule has 0 amide bonds. The Morgan fingerprint density at radius 3 is 1.84 bits per heavy atom. The Bertz CT molecular complexity index is 592. The van der Waals surface area contributed by atoms with Gasteiger partial charge in [0.05, 0.1) is 24.3 Å². The first-order chi connectivity index (χ1) is 12.2. The second-order valence-electron chi connectivity index (χ2n) is 6.46. The Morgan fingerprint density at radius 1 is 0.760 bits per heavy atom. The lowest BCUT2D eigenvalue weighted by Crippen LogP contribution is -2.11. The monoisotopic (exact) mass is 344 g/mol. The predicted octanol–water partition coefficient (Wildman–Crippen LogP) is 5.17. The first kappa shape index (κ1) is 19.2. The molecule has 2 aliphatic rings. The van der Waals surface area contributed by atoms with Gasteiger partial charge in [-0.1, -0.05) is 57.6 Å². The molecule has 136 valence electrons. The van der Waals surface area contributed by atoms with Gasteiger partial charge in [0.2, 0.25) is 0 Å². The van der Waals surface area contributed by atoms with Crippen LogP contribution in [0.5, 0.6) is 0 Å². The smallest absolute Gasteiger partial charge is 0.338 e. The van der Waals surface area contributed by atoms with Gasteiger partial charge >= 0.3 is 11.9 Å². The highest BCUT2D eigenvalue weighted by Gasteiger charge is 2.15. The second-order valence-corrected chi connectivity index (χ2v) is 6.46. The summed E-state index contributed by atoms with van der Waals surface area (Å²) in [6.45, 7) is 4.60. The van der Waals surface area contributed by atoms with Gasteiger partial charge in [-0.2, -0.15) is 0 Å². The summed E-state index contributed by atoms with van der Waals surface area (Å²) < 4.78 is 10.7. The van der Waals surface area contributed by atoms with Crippen molar-refractivity contribution in [3.8, 4) is 0 Å². The molecule has 0 radical (unpaired) electrons. The molecule has 2 heterocycles. The Hall–Kier alpha value is -2.10. The van der Waals surface area contributed by atoms with E-state index in [4.69, 9.17) is 9.47 Å². The molecule has 0 saturated heterocycles. The minimum absolute atomic E-state index is 0.360. The van der Waals surface area contributed by atoms with Crippen molar-refractivity contribution in [3.63, 3.8) is 0 Å². The van der Waals surface area contributed by atoms with Crippen LogP contribution in [-0.2, 0) is 9.47 Å². The topological polar surface area (TPSA) is 52.6 Å². The molecule has 3 rings (SSSR count). The third-order valence-corrected chi connectivity index (χ3v) is 4.48. The molecule has 0 fully saturated rings. The van der Waals surface area contributed by atoms with Gasteiger partial charge in [-0.3, -0.25) is 0 Å². The van der Waals surface area contributed by atoms with Gasteiger partial charge in [-0.15, -0.1) is 0 Å². The Labute approximate surface area is 150 Å². The molecule has 4 heteroatoms. The minimum Gasteiger partial charge on any atom is -0.462 e. The van der Waals surface area contributed by atoms with E-state index in [1.807, 2.05) is 0 Å². The molecule has 0 aliphatic carbocycles. The third kappa shape index (κ3) is 6.37. The quantitative estimate of drug-likeness (QED) is 0.660. The molecule has 2 bridgehead atoms. The summed E-state index contributed by atoms with van der Waals surface area (Å²) in [5, 5.41) is 0. The first-order valence-electron chi connectivity index (χ1n) is 9.33. The summed E-state index contributed by atoms with van der Waals surface area (Å²) in [6.07, 6.45) is 11.6. The number of carbonyl (C=O) groups excluding carboxylic acids is 2. The van der Waals surface area contributed by atoms with E-state index in [-0.39, 0.29) is 11.9 Å². The van der Waals surface area contributed by atoms with Crippen LogP contribution in [0.4, 0.5) is 0 Å². The first-order valence-corrected chi connectivity index (χ1v) is 9.33. The van der Waals surface area contributed by atoms with E-state index in [9.17, 15) is 9.59 Å². The largest absolute Gasteiger partial charge is 0.462 e. The number of fused-ring (bicyclic) bond motifs is 16. The summed E-state index contributed by atoms with van der Waals surface area (Å²) in [5.41, 5.74) is 1.46. The lowest BCUT2D eigenvalue weighted by molar-refractivity contribution is 0.0483. The van der Waals surface area contributed by atoms with Gasteiger partial charge in [-0.25, -0.2) is 9.59 Å². The molecule has 0 atom stereocenters. The zero-order valence-electron chi connectivity index (χ0n) is 14.9. The van der Waals surface area contributed by atoms with Crippen molar-refractivity contribution in [2.45, 2.75) is 57.8 Å². The van der Waals surface area contributed by atoms with Gasteiger partial charge < -0.3 is 9.47 Å². The molecular formula is C21H28O4. The summed E-state index contributed by atoms with van der Waals surface area (Å²) in [4.78, 5) is 24.4. The van der Waals surface area contributed by atoms with E-state index in [2.05, 4.69) is 6.58 Å². The molecular weight excluding hydrogens is 316 g/mol. The fourth-order valence-electron chi connectivity index (χ4n) is 2.98. The number of hydrogen-bond donors (Lipinski definition) is 0. The van der Waals surface area contributed by atoms with Crippen molar-refractivity contribution in [2.75, 3.05) is 13.2 Å². The molecule has 1 aromatic rings. The number of rotatable bonds is 1. The number of carbonyl (C=O) groups is 2. The molecule has 25 heavy (non-hydrogen) atoms. The van der Waals surface area contributed by atoms with Crippen molar-refractivity contribution >= 4 is 18.0 Å². The average molecular weight is 344 g/mol. The van der Waals surface area contributed by atoms with Gasteiger partial charge in [0.25, 0.3) is 0 Å². The number of esters is 2. The van der Waals surface area contributed by atoms with Crippen molar-refractivity contribution in [1.29, 1.82) is 0 Å². The molecule has 0 spiro atoms. The van der Waals surface area contributed by atoms with Crippen LogP contribution in [0.1, 0.15) is 84.1 Å². The van der Waals surface area contributed by atoms with Crippen molar-refractivity contribution < 1.29 is 19.1 Å². The van der Waals surface area contributed by atoms with Crippen molar-refractivity contribution in [1.82, 2.24) is 0 Å². The number of hydrogen-bond acceptors (Lipinski definition) is 4. The summed E-state index contributed by atoms with van der Waals surface area (Å²) in [7, 11) is 0. The van der Waals surface area contributed by atoms with Gasteiger partial charge in [0.1, 0.15) is 0 Å². The molecule has 0 saturated carbocycles. The molecule has 2 aliphatic heterocycles. The van der Waals surface area contributed by atoms with Crippen LogP contribution in [-0.4, -0.2) is 25.2 Å². The maximum Gasteiger partial charge on any atom is 0.338 e. The van der Waals surface area contributed by atoms with Crippen LogP contribution in [0, 0.1) is 0 Å². The highest BCUT2D eigenvalue weighted by atomic mass is 16.5. The minimum atomic E-state index is -0.368. The van der Waals surface area contributed by atoms with E-state index >= 15 is 0 Å². The fourth-order valence-corrected chi connectivity index (χ4v) is 2.98. The maximum absolute atomic E-state index is 12.2. The van der Waals surface area contributed by atoms with Crippen LogP contribution >= 0.6 is 0 Å². The fraction of sp³-hybridized carbons (Fsp3) is 0.524. The number of benzene rings is 1. The molecule has 0 unspecified atom stereocenters. The summed E-state index contributed by atoms with van der Waals surface area (Å²) in [5.74, 6) is -0.728. The van der Waals surface area contributed by atoms with Gasteiger partial charge in [-0.05, 0) is 36.6 Å². The second kappa shape index (κ2) is 10.7. The summed E-state index contributed by atoms with van der Waals surface area (Å²) in [6, 6.07) is 4.87. The van der Waals surface area contributed by atoms with Crippen LogP contribution in [0.25, 0.3) is 6.08 Å². The Balaban J connectivity index is 2.06. The van der Waals surface area contributed by atoms with Crippen LogP contribution in [0.15, 0.2) is 24.8 Å². The van der Waals surface area contributed by atoms with E-state index < -0.39 is 0 Å². The molecule has 1 aromatic carbocycles. The zero-order chi connectivity index (χ0) is 17.9. The van der Waals surface area contributed by atoms with Crippen molar-refractivity contribution in [3.05, 3.63) is 41.5 Å². The lowest BCUT2D eigenvalue weighted by Gasteiger charge is -2.09. The maximum atomic E-state index is 12.2. The summed E-state index contributed by atoms with van der Waals surface area (Å²) >= 11 is 0. The van der Waals surface area contributed by atoms with Crippen molar-refractivity contribution in [2.24, 2.45) is 0 Å². The van der Waals surface area contributed by atoms with E-state index in [0.717, 1.165) is 25.7 Å². The lowest BCUT2D eigenvalue weighted by atomic mass is 10.0. The van der Waals surface area contributed by atoms with Gasteiger partial charge in [0.15, 0.2) is 0 Å². The standard InChI is InChI=1S/C21H28O4/c1-2-17-16-18-12-13-19(17)21(23)25-15-11-9-7-5-3-4-6-8-10-14-24-20(18)22/h2,12-13,16H,1,3-11,14-15H2. The van der Waals surface area contributed by atoms with Crippen LogP contribution < -0.4 is 0 Å². The Morgan fingerprint density at radius 2 is 1.28 bits per heavy atom. The highest BCUT2D eigenvalue weighted by Crippen LogP contribution is 2.17.